The number of rotatable bonds is 29. The number of aryl methyl sites for hydroxylation is 2. The van der Waals surface area contributed by atoms with Crippen LogP contribution < -0.4 is 20.1 Å². The number of allylic oxidation sites excluding steroid dienone is 6. The number of hydrogen-bond acceptors (Lipinski definition) is 6. The Balaban J connectivity index is 0.000000365. The molecule has 0 saturated heterocycles. The Hall–Kier alpha value is -5.76. The molecule has 2 N–H and O–H groups in total. The predicted octanol–water partition coefficient (Wildman–Crippen LogP) is 14.9. The third-order valence-corrected chi connectivity index (χ3v) is 12.2. The third kappa shape index (κ3) is 23.9. The minimum absolute atomic E-state index is 0.0447. The molecule has 0 unspecified atom stereocenters. The van der Waals surface area contributed by atoms with Gasteiger partial charge in [-0.1, -0.05) is 134 Å². The summed E-state index contributed by atoms with van der Waals surface area (Å²) in [4.78, 5) is 33.9. The van der Waals surface area contributed by atoms with E-state index < -0.39 is 0 Å². The van der Waals surface area contributed by atoms with E-state index in [9.17, 15) is 9.59 Å². The Kier molecular flexibility index (Phi) is 28.1. The quantitative estimate of drug-likeness (QED) is 0.0319. The van der Waals surface area contributed by atoms with Crippen LogP contribution in [0.4, 0.5) is 0 Å². The molecule has 2 aromatic carbocycles. The van der Waals surface area contributed by atoms with Gasteiger partial charge >= 0.3 is 0 Å². The number of benzene rings is 2. The smallest absolute Gasteiger partial charge is 0.244 e. The van der Waals surface area contributed by atoms with Gasteiger partial charge in [0.15, 0.2) is 0 Å². The number of nitrogens with zero attached hydrogens (tertiary/aromatic N) is 2. The number of nitrogens with one attached hydrogen (secondary N) is 2. The molecule has 0 saturated carbocycles. The Morgan fingerprint density at radius 2 is 0.913 bits per heavy atom. The van der Waals surface area contributed by atoms with E-state index in [2.05, 4.69) is 137 Å². The summed E-state index contributed by atoms with van der Waals surface area (Å²) >= 11 is 0. The molecule has 69 heavy (non-hydrogen) atoms. The molecule has 0 aliphatic rings. The minimum Gasteiger partial charge on any atom is -0.497 e. The summed E-state index contributed by atoms with van der Waals surface area (Å²) in [6.45, 7) is 17.2. The van der Waals surface area contributed by atoms with E-state index in [0.29, 0.717) is 11.8 Å². The summed E-state index contributed by atoms with van der Waals surface area (Å²) in [5, 5.41) is 6.18. The predicted molar refractivity (Wildman–Crippen MR) is 291 cm³/mol. The summed E-state index contributed by atoms with van der Waals surface area (Å²) in [5.41, 5.74) is 9.60. The van der Waals surface area contributed by atoms with Crippen LogP contribution in [0, 0.1) is 0 Å². The summed E-state index contributed by atoms with van der Waals surface area (Å²) in [6.07, 6.45) is 31.4. The molecule has 374 valence electrons. The second kappa shape index (κ2) is 33.7. The second-order valence-corrected chi connectivity index (χ2v) is 18.9. The second-order valence-electron chi connectivity index (χ2n) is 18.9. The Bertz CT molecular complexity index is 2150. The van der Waals surface area contributed by atoms with Crippen LogP contribution in [0.3, 0.4) is 0 Å². The zero-order chi connectivity index (χ0) is 50.2. The van der Waals surface area contributed by atoms with E-state index in [0.717, 1.165) is 87.1 Å². The fourth-order valence-electron chi connectivity index (χ4n) is 7.87. The average molecular weight is 939 g/mol. The van der Waals surface area contributed by atoms with Crippen molar-refractivity contribution in [2.45, 2.75) is 176 Å². The van der Waals surface area contributed by atoms with Gasteiger partial charge in [-0.05, 0) is 160 Å². The molecule has 0 bridgehead atoms. The number of unbranched alkanes of at least 4 members (excludes halogenated alkanes) is 5. The SMILES string of the molecule is CCCCC/C(=C\C=C\C(=O)N[C@H](C)CCCc1ccc(C(C)C)nc1)c1ccc(OC)cc1.CCCCCC/C(=C\C=C\C(=O)N[C@H](C)CCCc1ccc(C(C)C)nc1)c1ccc(OC)cc1. The van der Waals surface area contributed by atoms with Crippen molar-refractivity contribution in [3.8, 4) is 11.5 Å². The van der Waals surface area contributed by atoms with Gasteiger partial charge < -0.3 is 20.1 Å². The molecule has 0 spiro atoms. The minimum atomic E-state index is -0.0469. The van der Waals surface area contributed by atoms with E-state index >= 15 is 0 Å². The fraction of sp³-hybridized carbons (Fsp3) is 0.475. The zero-order valence-electron chi connectivity index (χ0n) is 44.0. The molecular weight excluding hydrogens is 853 g/mol. The van der Waals surface area contributed by atoms with Crippen LogP contribution in [0.15, 0.2) is 122 Å². The van der Waals surface area contributed by atoms with Gasteiger partial charge in [-0.2, -0.15) is 0 Å². The molecular formula is C61H86N4O4. The van der Waals surface area contributed by atoms with E-state index in [4.69, 9.17) is 9.47 Å². The molecule has 0 radical (unpaired) electrons. The van der Waals surface area contributed by atoms with Crippen molar-refractivity contribution >= 4 is 23.0 Å². The number of pyridine rings is 2. The third-order valence-electron chi connectivity index (χ3n) is 12.2. The van der Waals surface area contributed by atoms with Gasteiger partial charge in [-0.15, -0.1) is 0 Å². The van der Waals surface area contributed by atoms with Gasteiger partial charge in [-0.25, -0.2) is 0 Å². The lowest BCUT2D eigenvalue weighted by Gasteiger charge is -2.12. The van der Waals surface area contributed by atoms with Gasteiger partial charge in [0, 0.05) is 48.0 Å². The number of hydrogen-bond donors (Lipinski definition) is 2. The van der Waals surface area contributed by atoms with Crippen molar-refractivity contribution in [2.24, 2.45) is 0 Å². The van der Waals surface area contributed by atoms with E-state index in [-0.39, 0.29) is 23.9 Å². The molecule has 4 aromatic rings. The number of amides is 2. The summed E-state index contributed by atoms with van der Waals surface area (Å²) in [7, 11) is 3.36. The summed E-state index contributed by atoms with van der Waals surface area (Å²) < 4.78 is 10.6. The number of aromatic nitrogens is 2. The maximum absolute atomic E-state index is 12.4. The molecule has 0 aliphatic carbocycles. The van der Waals surface area contributed by atoms with Crippen molar-refractivity contribution in [1.29, 1.82) is 0 Å². The lowest BCUT2D eigenvalue weighted by atomic mass is 9.98. The first-order chi connectivity index (χ1) is 33.3. The molecule has 8 nitrogen and oxygen atoms in total. The first-order valence-corrected chi connectivity index (χ1v) is 25.9. The van der Waals surface area contributed by atoms with Crippen LogP contribution in [-0.2, 0) is 22.4 Å². The van der Waals surface area contributed by atoms with Gasteiger partial charge in [0.05, 0.1) is 14.2 Å². The molecule has 2 heterocycles. The first-order valence-electron chi connectivity index (χ1n) is 25.9. The highest BCUT2D eigenvalue weighted by atomic mass is 16.5. The highest BCUT2D eigenvalue weighted by Gasteiger charge is 2.09. The molecule has 2 atom stereocenters. The van der Waals surface area contributed by atoms with Gasteiger partial charge in [0.2, 0.25) is 11.8 Å². The molecule has 0 aliphatic heterocycles. The van der Waals surface area contributed by atoms with E-state index in [1.54, 1.807) is 26.4 Å². The number of methoxy groups -OCH3 is 2. The van der Waals surface area contributed by atoms with Crippen molar-refractivity contribution in [2.75, 3.05) is 14.2 Å². The van der Waals surface area contributed by atoms with E-state index in [1.807, 2.05) is 48.8 Å². The van der Waals surface area contributed by atoms with Crippen molar-refractivity contribution in [1.82, 2.24) is 20.6 Å². The Morgan fingerprint density at radius 3 is 1.26 bits per heavy atom. The molecule has 2 amide bonds. The largest absolute Gasteiger partial charge is 0.497 e. The molecule has 8 heteroatoms. The van der Waals surface area contributed by atoms with E-state index in [1.165, 1.54) is 65.5 Å². The summed E-state index contributed by atoms with van der Waals surface area (Å²) in [5.74, 6) is 2.52. The highest BCUT2D eigenvalue weighted by molar-refractivity contribution is 5.89. The van der Waals surface area contributed by atoms with Crippen molar-refractivity contribution in [3.63, 3.8) is 0 Å². The van der Waals surface area contributed by atoms with Crippen molar-refractivity contribution < 1.29 is 19.1 Å². The number of ether oxygens (including phenoxy) is 2. The monoisotopic (exact) mass is 939 g/mol. The number of carbonyl (C=O) groups excluding carboxylic acids is 2. The van der Waals surface area contributed by atoms with Gasteiger partial charge in [0.25, 0.3) is 0 Å². The summed E-state index contributed by atoms with van der Waals surface area (Å²) in [6, 6.07) is 25.1. The molecule has 2 aromatic heterocycles. The standard InChI is InChI=1S/C31H44N2O2.C30H42N2O2/c1-6-7-8-9-14-27(28-18-20-29(35-5)21-19-28)15-11-16-31(34)33-25(4)12-10-13-26-17-22-30(24(2)3)32-23-26;1-6-7-8-13-26(27-17-19-28(34-5)20-18-27)14-10-15-30(33)32-24(4)11-9-12-25-16-21-29(23(2)3)31-22-25/h11,15-25H,6-10,12-14H2,1-5H3,(H,33,34);10,14-24H,6-9,11-13H2,1-5H3,(H,32,33)/b16-11+,27-15+;15-10+,26-14+/t25-;24-/m11/s1. The van der Waals surface area contributed by atoms with Gasteiger partial charge in [0.1, 0.15) is 11.5 Å². The maximum atomic E-state index is 12.4. The van der Waals surface area contributed by atoms with Crippen LogP contribution in [0.1, 0.15) is 184 Å². The Morgan fingerprint density at radius 1 is 0.522 bits per heavy atom. The normalized spacial score (nSPS) is 12.8. The van der Waals surface area contributed by atoms with Crippen molar-refractivity contribution in [3.05, 3.63) is 155 Å². The van der Waals surface area contributed by atoms with Crippen LogP contribution in [0.25, 0.3) is 11.1 Å². The fourth-order valence-corrected chi connectivity index (χ4v) is 7.87. The molecule has 4 rings (SSSR count). The highest BCUT2D eigenvalue weighted by Crippen LogP contribution is 2.26. The Labute approximate surface area is 417 Å². The van der Waals surface area contributed by atoms with Crippen LogP contribution in [0.2, 0.25) is 0 Å². The molecule has 0 fully saturated rings. The first kappa shape index (κ1) is 57.6. The maximum Gasteiger partial charge on any atom is 0.244 e. The van der Waals surface area contributed by atoms with Crippen LogP contribution in [-0.4, -0.2) is 48.1 Å². The topological polar surface area (TPSA) is 102 Å². The van der Waals surface area contributed by atoms with Crippen LogP contribution in [0.5, 0.6) is 11.5 Å². The average Bonchev–Trinajstić information content (AvgIpc) is 3.35. The lowest BCUT2D eigenvalue weighted by molar-refractivity contribution is -0.117. The van der Waals surface area contributed by atoms with Crippen LogP contribution >= 0.6 is 0 Å². The zero-order valence-corrected chi connectivity index (χ0v) is 44.0. The lowest BCUT2D eigenvalue weighted by Crippen LogP contribution is -2.31. The van der Waals surface area contributed by atoms with Gasteiger partial charge in [-0.3, -0.25) is 19.6 Å². The number of carbonyl (C=O) groups is 2.